The number of anilines is 1. The van der Waals surface area contributed by atoms with Gasteiger partial charge in [-0.25, -0.2) is 9.59 Å². The van der Waals surface area contributed by atoms with Crippen LogP contribution in [0.2, 0.25) is 0 Å². The minimum atomic E-state index is -0.524. The van der Waals surface area contributed by atoms with Crippen molar-refractivity contribution in [3.63, 3.8) is 0 Å². The van der Waals surface area contributed by atoms with E-state index < -0.39 is 11.9 Å². The van der Waals surface area contributed by atoms with Gasteiger partial charge in [-0.15, -0.1) is 0 Å². The molecule has 6 nitrogen and oxygen atoms in total. The maximum Gasteiger partial charge on any atom is 0.338 e. The quantitative estimate of drug-likeness (QED) is 0.457. The highest BCUT2D eigenvalue weighted by atomic mass is 16.6. The predicted octanol–water partition coefficient (Wildman–Crippen LogP) is 3.41. The number of amides is 1. The van der Waals surface area contributed by atoms with E-state index in [2.05, 4.69) is 11.9 Å². The average Bonchev–Trinajstić information content (AvgIpc) is 2.56. The van der Waals surface area contributed by atoms with Gasteiger partial charge < -0.3 is 14.8 Å². The van der Waals surface area contributed by atoms with E-state index in [9.17, 15) is 14.4 Å². The SMILES string of the molecule is C=C(C)C(=O)OCCOC(=O)c1c(C)c(C)c(CC)c(NC(C)=O)c1C. The molecule has 1 aromatic carbocycles. The minimum absolute atomic E-state index is 0.0416. The molecule has 1 rings (SSSR count). The lowest BCUT2D eigenvalue weighted by atomic mass is 9.90. The number of hydrogen-bond donors (Lipinski definition) is 1. The van der Waals surface area contributed by atoms with E-state index in [0.29, 0.717) is 16.8 Å². The van der Waals surface area contributed by atoms with Crippen LogP contribution in [0.4, 0.5) is 5.69 Å². The second kappa shape index (κ2) is 9.17. The van der Waals surface area contributed by atoms with Gasteiger partial charge in [-0.1, -0.05) is 13.5 Å². The molecule has 0 bridgehead atoms. The summed E-state index contributed by atoms with van der Waals surface area (Å²) in [5.74, 6) is -1.23. The number of esters is 2. The van der Waals surface area contributed by atoms with Crippen molar-refractivity contribution >= 4 is 23.5 Å². The third kappa shape index (κ3) is 4.94. The molecule has 1 aromatic rings. The molecule has 0 aliphatic carbocycles. The van der Waals surface area contributed by atoms with Gasteiger partial charge in [0.15, 0.2) is 0 Å². The zero-order valence-electron chi connectivity index (χ0n) is 16.4. The van der Waals surface area contributed by atoms with Gasteiger partial charge in [0, 0.05) is 18.2 Å². The van der Waals surface area contributed by atoms with E-state index in [1.807, 2.05) is 20.8 Å². The molecule has 0 radical (unpaired) electrons. The Morgan fingerprint density at radius 2 is 1.54 bits per heavy atom. The van der Waals surface area contributed by atoms with Crippen LogP contribution < -0.4 is 5.32 Å². The first kappa shape index (κ1) is 21.4. The molecule has 0 spiro atoms. The lowest BCUT2D eigenvalue weighted by molar-refractivity contribution is -0.140. The van der Waals surface area contributed by atoms with Crippen LogP contribution in [0.3, 0.4) is 0 Å². The number of benzene rings is 1. The highest BCUT2D eigenvalue weighted by molar-refractivity contribution is 5.99. The first-order chi connectivity index (χ1) is 12.1. The van der Waals surface area contributed by atoms with Crippen LogP contribution in [-0.4, -0.2) is 31.1 Å². The van der Waals surface area contributed by atoms with Gasteiger partial charge in [0.1, 0.15) is 13.2 Å². The summed E-state index contributed by atoms with van der Waals surface area (Å²) >= 11 is 0. The summed E-state index contributed by atoms with van der Waals surface area (Å²) in [5.41, 5.74) is 4.80. The zero-order valence-corrected chi connectivity index (χ0v) is 16.4. The van der Waals surface area contributed by atoms with E-state index in [1.54, 1.807) is 13.8 Å². The zero-order chi connectivity index (χ0) is 20.0. The van der Waals surface area contributed by atoms with Gasteiger partial charge >= 0.3 is 11.9 Å². The lowest BCUT2D eigenvalue weighted by Crippen LogP contribution is -2.19. The topological polar surface area (TPSA) is 81.7 Å². The number of carbonyl (C=O) groups is 3. The van der Waals surface area contributed by atoms with Crippen LogP contribution in [0.5, 0.6) is 0 Å². The third-order valence-electron chi connectivity index (χ3n) is 4.20. The van der Waals surface area contributed by atoms with Crippen molar-refractivity contribution in [2.45, 2.75) is 48.0 Å². The van der Waals surface area contributed by atoms with Crippen molar-refractivity contribution in [2.75, 3.05) is 18.5 Å². The van der Waals surface area contributed by atoms with Crippen molar-refractivity contribution in [3.8, 4) is 0 Å². The highest BCUT2D eigenvalue weighted by Crippen LogP contribution is 2.32. The molecule has 0 saturated carbocycles. The highest BCUT2D eigenvalue weighted by Gasteiger charge is 2.22. The molecule has 142 valence electrons. The molecule has 1 N–H and O–H groups in total. The fraction of sp³-hybridized carbons (Fsp3) is 0.450. The second-order valence-electron chi connectivity index (χ2n) is 6.19. The monoisotopic (exact) mass is 361 g/mol. The largest absolute Gasteiger partial charge is 0.459 e. The Morgan fingerprint density at radius 1 is 0.962 bits per heavy atom. The molecule has 0 saturated heterocycles. The number of carbonyl (C=O) groups excluding carboxylic acids is 3. The standard InChI is InChI=1S/C20H27NO5/c1-8-16-12(4)13(5)17(14(6)18(16)21-15(7)22)20(24)26-10-9-25-19(23)11(2)3/h2,8-10H2,1,3-7H3,(H,21,22). The normalized spacial score (nSPS) is 10.2. The Bertz CT molecular complexity index is 749. The Morgan fingerprint density at radius 3 is 2.04 bits per heavy atom. The van der Waals surface area contributed by atoms with Gasteiger partial charge in [0.2, 0.25) is 5.91 Å². The maximum absolute atomic E-state index is 12.6. The molecule has 0 atom stereocenters. The van der Waals surface area contributed by atoms with Gasteiger partial charge in [-0.2, -0.15) is 0 Å². The summed E-state index contributed by atoms with van der Waals surface area (Å²) < 4.78 is 10.2. The van der Waals surface area contributed by atoms with Gasteiger partial charge in [0.05, 0.1) is 5.56 Å². The Labute approximate surface area is 154 Å². The smallest absolute Gasteiger partial charge is 0.338 e. The fourth-order valence-corrected chi connectivity index (χ4v) is 2.79. The lowest BCUT2D eigenvalue weighted by Gasteiger charge is -2.21. The summed E-state index contributed by atoms with van der Waals surface area (Å²) in [7, 11) is 0. The van der Waals surface area contributed by atoms with Crippen molar-refractivity contribution in [1.82, 2.24) is 0 Å². The van der Waals surface area contributed by atoms with Gasteiger partial charge in [-0.05, 0) is 56.4 Å². The van der Waals surface area contributed by atoms with E-state index in [-0.39, 0.29) is 24.7 Å². The number of ether oxygens (including phenoxy) is 2. The molecular weight excluding hydrogens is 334 g/mol. The van der Waals surface area contributed by atoms with Gasteiger partial charge in [0.25, 0.3) is 0 Å². The first-order valence-electron chi connectivity index (χ1n) is 8.51. The number of nitrogens with one attached hydrogen (secondary N) is 1. The molecule has 0 aliphatic heterocycles. The van der Waals surface area contributed by atoms with Crippen molar-refractivity contribution < 1.29 is 23.9 Å². The summed E-state index contributed by atoms with van der Waals surface area (Å²) in [4.78, 5) is 35.4. The first-order valence-corrected chi connectivity index (χ1v) is 8.51. The van der Waals surface area contributed by atoms with Crippen LogP contribution in [0.1, 0.15) is 53.4 Å². The van der Waals surface area contributed by atoms with Crippen molar-refractivity contribution in [2.24, 2.45) is 0 Å². The molecule has 0 heterocycles. The summed E-state index contributed by atoms with van der Waals surface area (Å²) in [6.45, 7) is 13.9. The molecule has 0 aromatic heterocycles. The summed E-state index contributed by atoms with van der Waals surface area (Å²) in [6, 6.07) is 0. The van der Waals surface area contributed by atoms with Crippen molar-refractivity contribution in [1.29, 1.82) is 0 Å². The molecule has 0 fully saturated rings. The van der Waals surface area contributed by atoms with Crippen LogP contribution >= 0.6 is 0 Å². The average molecular weight is 361 g/mol. The van der Waals surface area contributed by atoms with Crippen LogP contribution in [-0.2, 0) is 25.5 Å². The summed E-state index contributed by atoms with van der Waals surface area (Å²) in [5, 5.41) is 2.82. The third-order valence-corrected chi connectivity index (χ3v) is 4.20. The van der Waals surface area contributed by atoms with Crippen LogP contribution in [0.25, 0.3) is 0 Å². The summed E-state index contributed by atoms with van der Waals surface area (Å²) in [6.07, 6.45) is 0.731. The van der Waals surface area contributed by atoms with E-state index in [0.717, 1.165) is 23.1 Å². The second-order valence-corrected chi connectivity index (χ2v) is 6.19. The Balaban J connectivity index is 3.06. The molecule has 1 amide bonds. The van der Waals surface area contributed by atoms with E-state index in [1.165, 1.54) is 6.92 Å². The fourth-order valence-electron chi connectivity index (χ4n) is 2.79. The van der Waals surface area contributed by atoms with E-state index >= 15 is 0 Å². The molecule has 26 heavy (non-hydrogen) atoms. The molecular formula is C20H27NO5. The molecule has 6 heteroatoms. The molecule has 0 aliphatic rings. The predicted molar refractivity (Wildman–Crippen MR) is 100 cm³/mol. The van der Waals surface area contributed by atoms with Gasteiger partial charge in [-0.3, -0.25) is 4.79 Å². The Hall–Kier alpha value is -2.63. The number of hydrogen-bond acceptors (Lipinski definition) is 5. The minimum Gasteiger partial charge on any atom is -0.459 e. The Kier molecular flexibility index (Phi) is 7.56. The van der Waals surface area contributed by atoms with Crippen LogP contribution in [0.15, 0.2) is 12.2 Å². The van der Waals surface area contributed by atoms with Crippen LogP contribution in [0, 0.1) is 20.8 Å². The number of rotatable bonds is 7. The maximum atomic E-state index is 12.6. The molecule has 0 unspecified atom stereocenters. The van der Waals surface area contributed by atoms with Crippen molar-refractivity contribution in [3.05, 3.63) is 40.0 Å². The van der Waals surface area contributed by atoms with E-state index in [4.69, 9.17) is 9.47 Å².